The number of aromatic nitrogens is 2. The van der Waals surface area contributed by atoms with E-state index in [1.807, 2.05) is 24.8 Å². The van der Waals surface area contributed by atoms with Gasteiger partial charge in [-0.2, -0.15) is 0 Å². The lowest BCUT2D eigenvalue weighted by atomic mass is 9.95. The van der Waals surface area contributed by atoms with Crippen molar-refractivity contribution in [2.75, 3.05) is 31.1 Å². The van der Waals surface area contributed by atoms with Crippen LogP contribution in [0.5, 0.6) is 0 Å². The van der Waals surface area contributed by atoms with Gasteiger partial charge in [-0.15, -0.1) is 0 Å². The number of carbonyl (C=O) groups is 1. The fourth-order valence-corrected chi connectivity index (χ4v) is 3.37. The summed E-state index contributed by atoms with van der Waals surface area (Å²) in [4.78, 5) is 25.7. The van der Waals surface area contributed by atoms with E-state index in [-0.39, 0.29) is 5.92 Å². The number of hydrogen-bond donors (Lipinski definition) is 0. The number of likely N-dealkylation sites (tertiary alicyclic amines) is 1. The molecule has 3 heterocycles. The third kappa shape index (κ3) is 3.17. The molecule has 5 heteroatoms. The Labute approximate surface area is 126 Å². The molecular formula is C16H24N4O. The van der Waals surface area contributed by atoms with Gasteiger partial charge >= 0.3 is 0 Å². The van der Waals surface area contributed by atoms with E-state index >= 15 is 0 Å². The van der Waals surface area contributed by atoms with Crippen LogP contribution in [0.1, 0.15) is 37.1 Å². The fraction of sp³-hybridized carbons (Fsp3) is 0.688. The van der Waals surface area contributed by atoms with Crippen LogP contribution >= 0.6 is 0 Å². The monoisotopic (exact) mass is 288 g/mol. The summed E-state index contributed by atoms with van der Waals surface area (Å²) in [7, 11) is 0. The van der Waals surface area contributed by atoms with Gasteiger partial charge in [0.1, 0.15) is 0 Å². The maximum Gasteiger partial charge on any atom is 0.225 e. The maximum absolute atomic E-state index is 12.4. The molecule has 0 aliphatic carbocycles. The maximum atomic E-state index is 12.4. The van der Waals surface area contributed by atoms with Crippen LogP contribution in [0, 0.1) is 19.8 Å². The minimum Gasteiger partial charge on any atom is -0.342 e. The summed E-state index contributed by atoms with van der Waals surface area (Å²) >= 11 is 0. The molecule has 1 aromatic rings. The largest absolute Gasteiger partial charge is 0.342 e. The fourth-order valence-electron chi connectivity index (χ4n) is 3.37. The van der Waals surface area contributed by atoms with E-state index in [9.17, 15) is 4.79 Å². The van der Waals surface area contributed by atoms with E-state index in [1.165, 1.54) is 12.8 Å². The SMILES string of the molecule is Cc1cc(C)nc(N2CCC(C(=O)N3CCCC3)CC2)n1. The van der Waals surface area contributed by atoms with Gasteiger partial charge in [-0.3, -0.25) is 4.79 Å². The summed E-state index contributed by atoms with van der Waals surface area (Å²) in [5, 5.41) is 0. The molecule has 0 bridgehead atoms. The van der Waals surface area contributed by atoms with Crippen LogP contribution in [0.3, 0.4) is 0 Å². The van der Waals surface area contributed by atoms with Crippen LogP contribution in [0.4, 0.5) is 5.95 Å². The zero-order chi connectivity index (χ0) is 14.8. The summed E-state index contributed by atoms with van der Waals surface area (Å²) in [6.07, 6.45) is 4.18. The van der Waals surface area contributed by atoms with Crippen LogP contribution in [0.15, 0.2) is 6.07 Å². The van der Waals surface area contributed by atoms with Crippen molar-refractivity contribution in [3.05, 3.63) is 17.5 Å². The molecule has 5 nitrogen and oxygen atoms in total. The van der Waals surface area contributed by atoms with Crippen molar-refractivity contribution in [1.29, 1.82) is 0 Å². The number of piperidine rings is 1. The van der Waals surface area contributed by atoms with Crippen molar-refractivity contribution in [3.63, 3.8) is 0 Å². The highest BCUT2D eigenvalue weighted by molar-refractivity contribution is 5.79. The molecule has 2 saturated heterocycles. The Morgan fingerprint density at radius 1 is 1.05 bits per heavy atom. The lowest BCUT2D eigenvalue weighted by molar-refractivity contribution is -0.135. The van der Waals surface area contributed by atoms with Gasteiger partial charge in [-0.05, 0) is 45.6 Å². The van der Waals surface area contributed by atoms with Crippen LogP contribution in [0.25, 0.3) is 0 Å². The van der Waals surface area contributed by atoms with Crippen LogP contribution in [-0.4, -0.2) is 47.0 Å². The van der Waals surface area contributed by atoms with E-state index in [2.05, 4.69) is 14.9 Å². The molecule has 2 aliphatic rings. The molecule has 3 rings (SSSR count). The second-order valence-electron chi connectivity index (χ2n) is 6.24. The lowest BCUT2D eigenvalue weighted by Crippen LogP contribution is -2.42. The van der Waals surface area contributed by atoms with Gasteiger partial charge < -0.3 is 9.80 Å². The predicted molar refractivity (Wildman–Crippen MR) is 82.3 cm³/mol. The molecule has 1 amide bonds. The van der Waals surface area contributed by atoms with Gasteiger partial charge in [-0.25, -0.2) is 9.97 Å². The number of carbonyl (C=O) groups excluding carboxylic acids is 1. The second-order valence-corrected chi connectivity index (χ2v) is 6.24. The van der Waals surface area contributed by atoms with E-state index in [1.54, 1.807) is 0 Å². The molecule has 0 unspecified atom stereocenters. The molecule has 1 aromatic heterocycles. The first-order valence-electron chi connectivity index (χ1n) is 7.99. The smallest absolute Gasteiger partial charge is 0.225 e. The predicted octanol–water partition coefficient (Wildman–Crippen LogP) is 1.93. The van der Waals surface area contributed by atoms with E-state index in [4.69, 9.17) is 0 Å². The standard InChI is InChI=1S/C16H24N4O/c1-12-11-13(2)18-16(17-12)20-9-5-14(6-10-20)15(21)19-7-3-4-8-19/h11,14H,3-10H2,1-2H3. The number of anilines is 1. The molecule has 2 aliphatic heterocycles. The summed E-state index contributed by atoms with van der Waals surface area (Å²) < 4.78 is 0. The third-order valence-corrected chi connectivity index (χ3v) is 4.52. The first kappa shape index (κ1) is 14.3. The van der Waals surface area contributed by atoms with Crippen LogP contribution < -0.4 is 4.90 Å². The minimum atomic E-state index is 0.199. The first-order valence-corrected chi connectivity index (χ1v) is 7.99. The number of aryl methyl sites for hydroxylation is 2. The number of amides is 1. The number of hydrogen-bond acceptors (Lipinski definition) is 4. The molecule has 114 valence electrons. The normalized spacial score (nSPS) is 20.1. The first-order chi connectivity index (χ1) is 10.1. The summed E-state index contributed by atoms with van der Waals surface area (Å²) in [6.45, 7) is 7.68. The third-order valence-electron chi connectivity index (χ3n) is 4.52. The molecule has 0 N–H and O–H groups in total. The molecule has 0 radical (unpaired) electrons. The van der Waals surface area contributed by atoms with Crippen LogP contribution in [-0.2, 0) is 4.79 Å². The van der Waals surface area contributed by atoms with Crippen molar-refractivity contribution in [1.82, 2.24) is 14.9 Å². The van der Waals surface area contributed by atoms with Gasteiger partial charge in [0.2, 0.25) is 11.9 Å². The van der Waals surface area contributed by atoms with Gasteiger partial charge in [0.15, 0.2) is 0 Å². The van der Waals surface area contributed by atoms with E-state index in [0.717, 1.165) is 56.4 Å². The van der Waals surface area contributed by atoms with Gasteiger partial charge in [0.25, 0.3) is 0 Å². The molecule has 0 atom stereocenters. The minimum absolute atomic E-state index is 0.199. The quantitative estimate of drug-likeness (QED) is 0.834. The van der Waals surface area contributed by atoms with Crippen molar-refractivity contribution in [3.8, 4) is 0 Å². The van der Waals surface area contributed by atoms with Crippen molar-refractivity contribution in [2.45, 2.75) is 39.5 Å². The highest BCUT2D eigenvalue weighted by atomic mass is 16.2. The Hall–Kier alpha value is -1.65. The highest BCUT2D eigenvalue weighted by Crippen LogP contribution is 2.24. The van der Waals surface area contributed by atoms with Crippen LogP contribution in [0.2, 0.25) is 0 Å². The molecule has 0 spiro atoms. The summed E-state index contributed by atoms with van der Waals surface area (Å²) in [5.74, 6) is 1.39. The highest BCUT2D eigenvalue weighted by Gasteiger charge is 2.30. The van der Waals surface area contributed by atoms with Gasteiger partial charge in [0, 0.05) is 43.5 Å². The van der Waals surface area contributed by atoms with Gasteiger partial charge in [0.05, 0.1) is 0 Å². The zero-order valence-electron chi connectivity index (χ0n) is 13.0. The Morgan fingerprint density at radius 2 is 1.62 bits per heavy atom. The molecule has 0 aromatic carbocycles. The van der Waals surface area contributed by atoms with Crippen molar-refractivity contribution < 1.29 is 4.79 Å². The van der Waals surface area contributed by atoms with Crippen molar-refractivity contribution in [2.24, 2.45) is 5.92 Å². The second kappa shape index (κ2) is 6.00. The average molecular weight is 288 g/mol. The summed E-state index contributed by atoms with van der Waals surface area (Å²) in [5.41, 5.74) is 2.01. The molecule has 21 heavy (non-hydrogen) atoms. The Kier molecular flexibility index (Phi) is 4.08. The Balaban J connectivity index is 1.60. The topological polar surface area (TPSA) is 49.3 Å². The lowest BCUT2D eigenvalue weighted by Gasteiger charge is -2.33. The van der Waals surface area contributed by atoms with Crippen molar-refractivity contribution >= 4 is 11.9 Å². The number of rotatable bonds is 2. The van der Waals surface area contributed by atoms with Gasteiger partial charge in [-0.1, -0.05) is 0 Å². The molecular weight excluding hydrogens is 264 g/mol. The molecule has 0 saturated carbocycles. The average Bonchev–Trinajstić information content (AvgIpc) is 3.00. The van der Waals surface area contributed by atoms with E-state index < -0.39 is 0 Å². The van der Waals surface area contributed by atoms with E-state index in [0.29, 0.717) is 5.91 Å². The Morgan fingerprint density at radius 3 is 2.19 bits per heavy atom. The molecule has 2 fully saturated rings. The number of nitrogens with zero attached hydrogens (tertiary/aromatic N) is 4. The summed E-state index contributed by atoms with van der Waals surface area (Å²) in [6, 6.07) is 1.99. The zero-order valence-corrected chi connectivity index (χ0v) is 13.0. The Bertz CT molecular complexity index is 497.